The van der Waals surface area contributed by atoms with Crippen LogP contribution >= 0.6 is 0 Å². The molecule has 1 aromatic carbocycles. The van der Waals surface area contributed by atoms with E-state index in [2.05, 4.69) is 16.0 Å². The minimum atomic E-state index is -0.691. The van der Waals surface area contributed by atoms with E-state index in [-0.39, 0.29) is 37.1 Å². The normalized spacial score (nSPS) is 17.4. The fraction of sp³-hybridized carbons (Fsp3) is 0.550. The predicted octanol–water partition coefficient (Wildman–Crippen LogP) is 1.35. The van der Waals surface area contributed by atoms with Crippen LogP contribution in [-0.2, 0) is 25.7 Å². The van der Waals surface area contributed by atoms with E-state index in [1.165, 1.54) is 0 Å². The number of carbonyl (C=O) groups excluding carboxylic acids is 3. The Balaban J connectivity index is 1.74. The van der Waals surface area contributed by atoms with E-state index in [1.54, 1.807) is 0 Å². The Morgan fingerprint density at radius 3 is 2.43 bits per heavy atom. The third kappa shape index (κ3) is 7.96. The fourth-order valence-electron chi connectivity index (χ4n) is 2.64. The molecule has 1 saturated heterocycles. The van der Waals surface area contributed by atoms with Gasteiger partial charge in [0.2, 0.25) is 11.8 Å². The number of ether oxygens (including phenoxy) is 2. The number of amides is 3. The Hall–Kier alpha value is -2.61. The van der Waals surface area contributed by atoms with Gasteiger partial charge in [0.05, 0.1) is 12.6 Å². The Morgan fingerprint density at radius 2 is 1.82 bits per heavy atom. The molecule has 154 valence electrons. The minimum absolute atomic E-state index is 0.0420. The van der Waals surface area contributed by atoms with Crippen molar-refractivity contribution < 1.29 is 23.9 Å². The highest BCUT2D eigenvalue weighted by Crippen LogP contribution is 2.14. The molecule has 0 radical (unpaired) electrons. The third-order valence-electron chi connectivity index (χ3n) is 4.25. The fourth-order valence-corrected chi connectivity index (χ4v) is 2.64. The summed E-state index contributed by atoms with van der Waals surface area (Å²) in [7, 11) is 0. The quantitative estimate of drug-likeness (QED) is 0.522. The van der Waals surface area contributed by atoms with Gasteiger partial charge in [-0.25, -0.2) is 4.79 Å². The maximum atomic E-state index is 12.5. The van der Waals surface area contributed by atoms with Crippen molar-refractivity contribution in [1.82, 2.24) is 16.0 Å². The van der Waals surface area contributed by atoms with Crippen molar-refractivity contribution in [2.75, 3.05) is 13.2 Å². The molecule has 0 unspecified atom stereocenters. The van der Waals surface area contributed by atoms with E-state index in [0.717, 1.165) is 5.56 Å². The summed E-state index contributed by atoms with van der Waals surface area (Å²) < 4.78 is 10.2. The second-order valence-electron chi connectivity index (χ2n) is 7.33. The molecule has 1 aliphatic rings. The van der Waals surface area contributed by atoms with Gasteiger partial charge in [0, 0.05) is 0 Å². The van der Waals surface area contributed by atoms with Crippen LogP contribution in [0.25, 0.3) is 0 Å². The van der Waals surface area contributed by atoms with Crippen molar-refractivity contribution in [3.05, 3.63) is 35.9 Å². The molecule has 0 spiro atoms. The van der Waals surface area contributed by atoms with Crippen molar-refractivity contribution >= 4 is 17.9 Å². The Morgan fingerprint density at radius 1 is 1.14 bits per heavy atom. The first kappa shape index (κ1) is 21.7. The zero-order valence-electron chi connectivity index (χ0n) is 16.6. The van der Waals surface area contributed by atoms with E-state index in [9.17, 15) is 14.4 Å². The minimum Gasteiger partial charge on any atom is -0.445 e. The summed E-state index contributed by atoms with van der Waals surface area (Å²) in [6.45, 7) is 6.30. The zero-order valence-corrected chi connectivity index (χ0v) is 16.6. The Labute approximate surface area is 165 Å². The molecular formula is C20H29N3O5. The second kappa shape index (κ2) is 10.7. The molecule has 28 heavy (non-hydrogen) atoms. The maximum Gasteiger partial charge on any atom is 0.407 e. The molecule has 3 amide bonds. The topological polar surface area (TPSA) is 109 Å². The first-order chi connectivity index (χ1) is 13.3. The molecule has 1 aromatic rings. The summed E-state index contributed by atoms with van der Waals surface area (Å²) in [6, 6.07) is 8.46. The van der Waals surface area contributed by atoms with E-state index in [4.69, 9.17) is 9.47 Å². The lowest BCUT2D eigenvalue weighted by Crippen LogP contribution is -2.52. The van der Waals surface area contributed by atoms with Gasteiger partial charge in [0.1, 0.15) is 25.3 Å². The van der Waals surface area contributed by atoms with E-state index < -0.39 is 18.0 Å². The van der Waals surface area contributed by atoms with Gasteiger partial charge in [-0.05, 0) is 24.8 Å². The number of nitrogens with one attached hydrogen (secondary N) is 3. The summed E-state index contributed by atoms with van der Waals surface area (Å²) in [6.07, 6.45) is -0.155. The van der Waals surface area contributed by atoms with Crippen molar-refractivity contribution in [2.45, 2.75) is 52.0 Å². The first-order valence-corrected chi connectivity index (χ1v) is 9.51. The first-order valence-electron chi connectivity index (χ1n) is 9.51. The highest BCUT2D eigenvalue weighted by atomic mass is 16.6. The predicted molar refractivity (Wildman–Crippen MR) is 103 cm³/mol. The number of epoxide rings is 1. The van der Waals surface area contributed by atoms with Gasteiger partial charge in [-0.3, -0.25) is 9.59 Å². The van der Waals surface area contributed by atoms with Gasteiger partial charge in [-0.1, -0.05) is 44.2 Å². The standard InChI is InChI=1S/C20H29N3O5/c1-13(2)9-16(19(25)22-14(3)17-12-27-17)23-18(24)10-21-20(26)28-11-15-7-5-4-6-8-15/h4-8,13-14,16-17H,9-12H2,1-3H3,(H,21,26)(H,22,25)(H,23,24)/t14-,16-,17-/m0/s1. The van der Waals surface area contributed by atoms with Gasteiger partial charge in [0.25, 0.3) is 0 Å². The average Bonchev–Trinajstić information content (AvgIpc) is 3.50. The Bertz CT molecular complexity index is 661. The SMILES string of the molecule is CC(C)C[C@H](NC(=O)CNC(=O)OCc1ccccc1)C(=O)N[C@@H](C)[C@@H]1CO1. The van der Waals surface area contributed by atoms with Crippen LogP contribution in [0.3, 0.4) is 0 Å². The van der Waals surface area contributed by atoms with Crippen molar-refractivity contribution in [3.8, 4) is 0 Å². The lowest BCUT2D eigenvalue weighted by atomic mass is 10.0. The van der Waals surface area contributed by atoms with E-state index in [0.29, 0.717) is 13.0 Å². The molecule has 1 heterocycles. The smallest absolute Gasteiger partial charge is 0.407 e. The summed E-state index contributed by atoms with van der Waals surface area (Å²) in [5.74, 6) is -0.489. The highest BCUT2D eigenvalue weighted by Gasteiger charge is 2.32. The summed E-state index contributed by atoms with van der Waals surface area (Å²) >= 11 is 0. The van der Waals surface area contributed by atoms with Crippen molar-refractivity contribution in [3.63, 3.8) is 0 Å². The molecule has 3 N–H and O–H groups in total. The molecule has 0 aromatic heterocycles. The van der Waals surface area contributed by atoms with Crippen LogP contribution in [0.15, 0.2) is 30.3 Å². The maximum absolute atomic E-state index is 12.5. The number of hydrogen-bond donors (Lipinski definition) is 3. The largest absolute Gasteiger partial charge is 0.445 e. The number of carbonyl (C=O) groups is 3. The van der Waals surface area contributed by atoms with Crippen LogP contribution in [0.1, 0.15) is 32.8 Å². The Kier molecular flexibility index (Phi) is 8.25. The van der Waals surface area contributed by atoms with Gasteiger partial charge in [-0.2, -0.15) is 0 Å². The van der Waals surface area contributed by atoms with Crippen molar-refractivity contribution in [2.24, 2.45) is 5.92 Å². The summed E-state index contributed by atoms with van der Waals surface area (Å²) in [5.41, 5.74) is 0.851. The highest BCUT2D eigenvalue weighted by molar-refractivity contribution is 5.89. The number of alkyl carbamates (subject to hydrolysis) is 1. The number of rotatable bonds is 10. The molecule has 0 aliphatic carbocycles. The summed E-state index contributed by atoms with van der Waals surface area (Å²) in [4.78, 5) is 36.4. The van der Waals surface area contributed by atoms with Gasteiger partial charge < -0.3 is 25.4 Å². The van der Waals surface area contributed by atoms with Gasteiger partial charge >= 0.3 is 6.09 Å². The van der Waals surface area contributed by atoms with Crippen LogP contribution < -0.4 is 16.0 Å². The van der Waals surface area contributed by atoms with E-state index >= 15 is 0 Å². The van der Waals surface area contributed by atoms with Crippen LogP contribution in [0, 0.1) is 5.92 Å². The van der Waals surface area contributed by atoms with Crippen LogP contribution in [0.4, 0.5) is 4.79 Å². The van der Waals surface area contributed by atoms with E-state index in [1.807, 2.05) is 51.1 Å². The molecule has 8 heteroatoms. The molecule has 0 bridgehead atoms. The molecule has 1 fully saturated rings. The van der Waals surface area contributed by atoms with Crippen molar-refractivity contribution in [1.29, 1.82) is 0 Å². The lowest BCUT2D eigenvalue weighted by Gasteiger charge is -2.22. The third-order valence-corrected chi connectivity index (χ3v) is 4.25. The van der Waals surface area contributed by atoms with Gasteiger partial charge in [-0.15, -0.1) is 0 Å². The van der Waals surface area contributed by atoms with Gasteiger partial charge in [0.15, 0.2) is 0 Å². The summed E-state index contributed by atoms with van der Waals surface area (Å²) in [5, 5.41) is 7.94. The molecular weight excluding hydrogens is 362 g/mol. The average molecular weight is 391 g/mol. The van der Waals surface area contributed by atoms with Crippen LogP contribution in [0.2, 0.25) is 0 Å². The number of hydrogen-bond acceptors (Lipinski definition) is 5. The molecule has 0 saturated carbocycles. The molecule has 8 nitrogen and oxygen atoms in total. The molecule has 2 rings (SSSR count). The number of benzene rings is 1. The lowest BCUT2D eigenvalue weighted by molar-refractivity contribution is -0.129. The molecule has 1 aliphatic heterocycles. The van der Waals surface area contributed by atoms with Crippen LogP contribution in [0.5, 0.6) is 0 Å². The monoisotopic (exact) mass is 391 g/mol. The zero-order chi connectivity index (χ0) is 20.5. The molecule has 3 atom stereocenters. The van der Waals surface area contributed by atoms with Crippen LogP contribution in [-0.4, -0.2) is 49.2 Å². The second-order valence-corrected chi connectivity index (χ2v) is 7.33.